The molecule has 1 amide bonds. The molecule has 2 aromatic heterocycles. The van der Waals surface area contributed by atoms with Gasteiger partial charge in [0.15, 0.2) is 0 Å². The largest absolute Gasteiger partial charge is 0.351 e. The van der Waals surface area contributed by atoms with Crippen molar-refractivity contribution >= 4 is 40.7 Å². The quantitative estimate of drug-likeness (QED) is 0.279. The highest BCUT2D eigenvalue weighted by Crippen LogP contribution is 2.37. The SMILES string of the molecule is CC.CCC(C)/C(=C\N=C(C)C)c1ccccc1-c1nc2cc(C=O)ccn2c1Cl.CN1CC2C[C@H]1C(=O)N2. The minimum Gasteiger partial charge on any atom is -0.351 e. The molecule has 8 heteroatoms. The molecule has 2 saturated heterocycles. The first-order chi connectivity index (χ1) is 18.7. The van der Waals surface area contributed by atoms with Gasteiger partial charge in [-0.05, 0) is 62.9 Å². The first-order valence-corrected chi connectivity index (χ1v) is 14.1. The molecule has 4 heterocycles. The van der Waals surface area contributed by atoms with E-state index in [1.54, 1.807) is 22.7 Å². The fourth-order valence-corrected chi connectivity index (χ4v) is 5.09. The number of aldehydes is 1. The van der Waals surface area contributed by atoms with E-state index in [2.05, 4.69) is 35.1 Å². The molecule has 2 fully saturated rings. The molecule has 0 saturated carbocycles. The molecule has 1 N–H and O–H groups in total. The summed E-state index contributed by atoms with van der Waals surface area (Å²) in [5.74, 6) is 0.551. The monoisotopic (exact) mass is 549 g/mol. The van der Waals surface area contributed by atoms with Crippen LogP contribution in [0.5, 0.6) is 0 Å². The topological polar surface area (TPSA) is 79.1 Å². The number of pyridine rings is 1. The average Bonchev–Trinajstić information content (AvgIpc) is 3.61. The number of piperazine rings is 1. The molecule has 7 nitrogen and oxygen atoms in total. The standard InChI is InChI=1S/C23H24ClN3O.C6H10N2O.C2H6/c1-5-16(4)20(13-25-15(2)3)18-8-6-7-9-19(18)22-23(24)27-11-10-17(14-28)12-21(27)26-22;1-8-3-4-2-5(8)6(9)7-4;1-2/h6-14,16H,5H2,1-4H3;4-5H,2-3H2,1H3,(H,7,9);1-2H3/b20-13+;;/t;4?,5-;/m.0./s1. The van der Waals surface area contributed by atoms with Crippen LogP contribution in [0.2, 0.25) is 5.15 Å². The number of allylic oxidation sites excluding steroid dienone is 1. The number of likely N-dealkylation sites (N-methyl/N-ethyl adjacent to an activating group) is 1. The Balaban J connectivity index is 0.000000316. The molecule has 3 aromatic rings. The fourth-order valence-electron chi connectivity index (χ4n) is 4.81. The molecule has 2 aliphatic heterocycles. The third kappa shape index (κ3) is 6.84. The second kappa shape index (κ2) is 13.7. The van der Waals surface area contributed by atoms with E-state index < -0.39 is 0 Å². The number of aromatic nitrogens is 2. The Labute approximate surface area is 237 Å². The van der Waals surface area contributed by atoms with Crippen LogP contribution in [0.1, 0.15) is 70.3 Å². The highest BCUT2D eigenvalue weighted by atomic mass is 35.5. The molecule has 0 aliphatic carbocycles. The Morgan fingerprint density at radius 3 is 2.54 bits per heavy atom. The Hall–Kier alpha value is -3.29. The molecule has 1 aromatic carbocycles. The number of nitrogens with zero attached hydrogens (tertiary/aromatic N) is 4. The van der Waals surface area contributed by atoms with Crippen molar-refractivity contribution in [3.05, 3.63) is 65.1 Å². The van der Waals surface area contributed by atoms with Gasteiger partial charge in [0, 0.05) is 41.8 Å². The van der Waals surface area contributed by atoms with Gasteiger partial charge < -0.3 is 5.32 Å². The lowest BCUT2D eigenvalue weighted by atomic mass is 9.89. The minimum atomic E-state index is 0.190. The number of aliphatic imine (C=N–C) groups is 1. The van der Waals surface area contributed by atoms with Crippen LogP contribution < -0.4 is 5.32 Å². The second-order valence-corrected chi connectivity index (χ2v) is 10.3. The number of amides is 1. The fraction of sp³-hybridized carbons (Fsp3) is 0.419. The second-order valence-electron chi connectivity index (χ2n) is 9.97. The summed E-state index contributed by atoms with van der Waals surface area (Å²) in [6.45, 7) is 13.4. The maximum atomic E-state index is 11.1. The van der Waals surface area contributed by atoms with Crippen molar-refractivity contribution in [2.75, 3.05) is 13.6 Å². The van der Waals surface area contributed by atoms with E-state index in [1.165, 1.54) is 0 Å². The molecule has 208 valence electrons. The summed E-state index contributed by atoms with van der Waals surface area (Å²) in [6, 6.07) is 12.2. The lowest BCUT2D eigenvalue weighted by Crippen LogP contribution is -2.45. The van der Waals surface area contributed by atoms with Crippen molar-refractivity contribution in [2.24, 2.45) is 10.9 Å². The Morgan fingerprint density at radius 2 is 1.97 bits per heavy atom. The summed E-state index contributed by atoms with van der Waals surface area (Å²) in [5.41, 5.74) is 6.11. The van der Waals surface area contributed by atoms with Gasteiger partial charge in [0.1, 0.15) is 22.8 Å². The van der Waals surface area contributed by atoms with Crippen molar-refractivity contribution in [2.45, 2.75) is 66.5 Å². The van der Waals surface area contributed by atoms with Gasteiger partial charge in [0.05, 0.1) is 6.04 Å². The number of halogens is 1. The van der Waals surface area contributed by atoms with E-state index in [-0.39, 0.29) is 11.9 Å². The van der Waals surface area contributed by atoms with E-state index >= 15 is 0 Å². The molecular formula is C31H40ClN5O2. The van der Waals surface area contributed by atoms with Crippen LogP contribution in [0.15, 0.2) is 53.8 Å². The summed E-state index contributed by atoms with van der Waals surface area (Å²) in [4.78, 5) is 33.4. The van der Waals surface area contributed by atoms with Gasteiger partial charge in [-0.15, -0.1) is 0 Å². The van der Waals surface area contributed by atoms with Crippen molar-refractivity contribution < 1.29 is 9.59 Å². The number of carbonyl (C=O) groups excluding carboxylic acids is 2. The first-order valence-electron chi connectivity index (χ1n) is 13.7. The minimum absolute atomic E-state index is 0.190. The summed E-state index contributed by atoms with van der Waals surface area (Å²) < 4.78 is 1.79. The molecule has 5 rings (SSSR count). The molecule has 3 atom stereocenters. The molecule has 2 unspecified atom stereocenters. The number of nitrogens with one attached hydrogen (secondary N) is 1. The van der Waals surface area contributed by atoms with E-state index in [4.69, 9.17) is 16.6 Å². The van der Waals surface area contributed by atoms with Crippen molar-refractivity contribution in [1.82, 2.24) is 19.6 Å². The summed E-state index contributed by atoms with van der Waals surface area (Å²) in [5, 5.41) is 3.43. The zero-order valence-corrected chi connectivity index (χ0v) is 24.8. The van der Waals surface area contributed by atoms with E-state index in [9.17, 15) is 9.59 Å². The van der Waals surface area contributed by atoms with Crippen LogP contribution in [0.3, 0.4) is 0 Å². The molecule has 2 aliphatic rings. The molecule has 0 radical (unpaired) electrons. The van der Waals surface area contributed by atoms with Crippen LogP contribution in [-0.4, -0.2) is 57.9 Å². The Bertz CT molecular complexity index is 1370. The molecule has 39 heavy (non-hydrogen) atoms. The number of carbonyl (C=O) groups is 2. The zero-order chi connectivity index (χ0) is 28.7. The predicted octanol–water partition coefficient (Wildman–Crippen LogP) is 6.55. The number of benzene rings is 1. The lowest BCUT2D eigenvalue weighted by molar-refractivity contribution is -0.124. The Morgan fingerprint density at radius 1 is 1.26 bits per heavy atom. The Kier molecular flexibility index (Phi) is 10.6. The van der Waals surface area contributed by atoms with Gasteiger partial charge in [-0.1, -0.05) is 63.6 Å². The van der Waals surface area contributed by atoms with E-state index in [0.717, 1.165) is 48.1 Å². The molecule has 0 spiro atoms. The van der Waals surface area contributed by atoms with Crippen LogP contribution in [0, 0.1) is 5.92 Å². The number of hydrogen-bond acceptors (Lipinski definition) is 5. The van der Waals surface area contributed by atoms with Crippen molar-refractivity contribution in [3.8, 4) is 11.3 Å². The highest BCUT2D eigenvalue weighted by molar-refractivity contribution is 6.32. The van der Waals surface area contributed by atoms with Crippen molar-refractivity contribution in [3.63, 3.8) is 0 Å². The predicted molar refractivity (Wildman–Crippen MR) is 162 cm³/mol. The normalized spacial score (nSPS) is 19.0. The van der Waals surface area contributed by atoms with Gasteiger partial charge in [0.2, 0.25) is 5.91 Å². The van der Waals surface area contributed by atoms with E-state index in [1.807, 2.05) is 59.1 Å². The highest BCUT2D eigenvalue weighted by Gasteiger charge is 2.41. The number of imidazole rings is 1. The first kappa shape index (κ1) is 30.3. The van der Waals surface area contributed by atoms with Crippen LogP contribution in [-0.2, 0) is 4.79 Å². The van der Waals surface area contributed by atoms with E-state index in [0.29, 0.717) is 34.0 Å². The molecular weight excluding hydrogens is 510 g/mol. The van der Waals surface area contributed by atoms with Crippen LogP contribution in [0.25, 0.3) is 22.5 Å². The van der Waals surface area contributed by atoms with Crippen molar-refractivity contribution in [1.29, 1.82) is 0 Å². The lowest BCUT2D eigenvalue weighted by Gasteiger charge is -2.20. The third-order valence-corrected chi connectivity index (χ3v) is 7.38. The smallest absolute Gasteiger partial charge is 0.237 e. The van der Waals surface area contributed by atoms with Gasteiger partial charge in [-0.25, -0.2) is 4.98 Å². The van der Waals surface area contributed by atoms with Crippen LogP contribution >= 0.6 is 11.6 Å². The van der Waals surface area contributed by atoms with Gasteiger partial charge in [-0.3, -0.25) is 23.9 Å². The van der Waals surface area contributed by atoms with Crippen LogP contribution in [0.4, 0.5) is 0 Å². The number of hydrogen-bond donors (Lipinski definition) is 1. The van der Waals surface area contributed by atoms with Gasteiger partial charge >= 0.3 is 0 Å². The number of fused-ring (bicyclic) bond motifs is 3. The zero-order valence-electron chi connectivity index (χ0n) is 24.0. The maximum absolute atomic E-state index is 11.1. The number of likely N-dealkylation sites (tertiary alicyclic amines) is 1. The molecule has 2 bridgehead atoms. The third-order valence-electron chi connectivity index (χ3n) is 7.02. The number of rotatable bonds is 6. The summed E-state index contributed by atoms with van der Waals surface area (Å²) >= 11 is 6.67. The summed E-state index contributed by atoms with van der Waals surface area (Å²) in [7, 11) is 2.00. The van der Waals surface area contributed by atoms with Gasteiger partial charge in [-0.2, -0.15) is 0 Å². The average molecular weight is 550 g/mol. The van der Waals surface area contributed by atoms with Gasteiger partial charge in [0.25, 0.3) is 0 Å². The maximum Gasteiger partial charge on any atom is 0.237 e. The summed E-state index contributed by atoms with van der Waals surface area (Å²) in [6.07, 6.45) is 6.56.